The van der Waals surface area contributed by atoms with Crippen molar-refractivity contribution in [2.75, 3.05) is 0 Å². The third-order valence-electron chi connectivity index (χ3n) is 3.09. The highest BCUT2D eigenvalue weighted by molar-refractivity contribution is 7.07. The molecule has 0 unspecified atom stereocenters. The molecule has 2 aromatic rings. The highest BCUT2D eigenvalue weighted by atomic mass is 35.5. The fourth-order valence-corrected chi connectivity index (χ4v) is 2.76. The Morgan fingerprint density at radius 2 is 2.21 bits per heavy atom. The number of hydrogen-bond donors (Lipinski definition) is 0. The van der Waals surface area contributed by atoms with Crippen molar-refractivity contribution in [2.45, 2.75) is 19.4 Å². The number of thiazole rings is 1. The molecule has 1 heterocycles. The summed E-state index contributed by atoms with van der Waals surface area (Å²) in [5.41, 5.74) is 1.03. The first-order chi connectivity index (χ1) is 9.24. The van der Waals surface area contributed by atoms with Crippen LogP contribution in [0.3, 0.4) is 0 Å². The van der Waals surface area contributed by atoms with Crippen molar-refractivity contribution in [3.05, 3.63) is 51.2 Å². The molecule has 0 bridgehead atoms. The Morgan fingerprint density at radius 1 is 1.42 bits per heavy atom. The van der Waals surface area contributed by atoms with Gasteiger partial charge in [0.15, 0.2) is 4.80 Å². The SMILES string of the molecule is O=C(N=c1sccn1Cc1ccccc1Cl)C1CC1. The van der Waals surface area contributed by atoms with Crippen molar-refractivity contribution in [1.29, 1.82) is 0 Å². The largest absolute Gasteiger partial charge is 0.319 e. The van der Waals surface area contributed by atoms with Crippen LogP contribution in [0.1, 0.15) is 18.4 Å². The van der Waals surface area contributed by atoms with E-state index in [1.54, 1.807) is 0 Å². The van der Waals surface area contributed by atoms with E-state index in [1.165, 1.54) is 11.3 Å². The number of carbonyl (C=O) groups is 1. The lowest BCUT2D eigenvalue weighted by molar-refractivity contribution is -0.119. The quantitative estimate of drug-likeness (QED) is 0.856. The lowest BCUT2D eigenvalue weighted by Crippen LogP contribution is -2.17. The molecule has 1 fully saturated rings. The molecule has 1 aromatic carbocycles. The van der Waals surface area contributed by atoms with Gasteiger partial charge in [0.1, 0.15) is 0 Å². The number of amides is 1. The first kappa shape index (κ1) is 12.6. The topological polar surface area (TPSA) is 34.4 Å². The fourth-order valence-electron chi connectivity index (χ4n) is 1.83. The lowest BCUT2D eigenvalue weighted by atomic mass is 10.2. The second-order valence-electron chi connectivity index (χ2n) is 4.63. The van der Waals surface area contributed by atoms with Gasteiger partial charge in [0, 0.05) is 22.5 Å². The summed E-state index contributed by atoms with van der Waals surface area (Å²) in [6.45, 7) is 0.639. The average Bonchev–Trinajstić information content (AvgIpc) is 3.17. The molecule has 5 heteroatoms. The van der Waals surface area contributed by atoms with Crippen LogP contribution >= 0.6 is 22.9 Å². The van der Waals surface area contributed by atoms with Crippen LogP contribution in [0.25, 0.3) is 0 Å². The summed E-state index contributed by atoms with van der Waals surface area (Å²) in [6, 6.07) is 7.72. The Morgan fingerprint density at radius 3 is 2.95 bits per heavy atom. The van der Waals surface area contributed by atoms with Crippen molar-refractivity contribution < 1.29 is 4.79 Å². The minimum atomic E-state index is 0.00959. The second-order valence-corrected chi connectivity index (χ2v) is 5.91. The van der Waals surface area contributed by atoms with Crippen molar-refractivity contribution in [2.24, 2.45) is 10.9 Å². The van der Waals surface area contributed by atoms with Gasteiger partial charge in [0.2, 0.25) is 0 Å². The van der Waals surface area contributed by atoms with Crippen LogP contribution in [0.4, 0.5) is 0 Å². The van der Waals surface area contributed by atoms with Gasteiger partial charge in [-0.1, -0.05) is 29.8 Å². The van der Waals surface area contributed by atoms with Crippen molar-refractivity contribution in [1.82, 2.24) is 4.57 Å². The average molecular weight is 293 g/mol. The van der Waals surface area contributed by atoms with Gasteiger partial charge in [-0.05, 0) is 24.5 Å². The highest BCUT2D eigenvalue weighted by Crippen LogP contribution is 2.29. The van der Waals surface area contributed by atoms with E-state index in [-0.39, 0.29) is 11.8 Å². The van der Waals surface area contributed by atoms with Crippen LogP contribution in [0.15, 0.2) is 40.8 Å². The minimum Gasteiger partial charge on any atom is -0.319 e. The van der Waals surface area contributed by atoms with Gasteiger partial charge in [-0.25, -0.2) is 0 Å². The Kier molecular flexibility index (Phi) is 3.53. The van der Waals surface area contributed by atoms with Crippen LogP contribution in [-0.4, -0.2) is 10.5 Å². The molecule has 3 rings (SSSR count). The molecule has 0 radical (unpaired) electrons. The van der Waals surface area contributed by atoms with E-state index in [0.29, 0.717) is 6.54 Å². The van der Waals surface area contributed by atoms with E-state index in [9.17, 15) is 4.79 Å². The Labute approximate surface area is 120 Å². The summed E-state index contributed by atoms with van der Waals surface area (Å²) in [4.78, 5) is 16.7. The van der Waals surface area contributed by atoms with E-state index >= 15 is 0 Å². The maximum Gasteiger partial charge on any atom is 0.251 e. The predicted octanol–water partition coefficient (Wildman–Crippen LogP) is 3.09. The first-order valence-corrected chi connectivity index (χ1v) is 7.46. The summed E-state index contributed by atoms with van der Waals surface area (Å²) >= 11 is 7.63. The van der Waals surface area contributed by atoms with Crippen LogP contribution in [0.5, 0.6) is 0 Å². The number of nitrogens with zero attached hydrogens (tertiary/aromatic N) is 2. The molecule has 1 amide bonds. The van der Waals surface area contributed by atoms with Gasteiger partial charge < -0.3 is 4.57 Å². The predicted molar refractivity (Wildman–Crippen MR) is 76.2 cm³/mol. The van der Waals surface area contributed by atoms with Gasteiger partial charge in [0.05, 0.1) is 6.54 Å². The van der Waals surface area contributed by atoms with Crippen molar-refractivity contribution in [3.63, 3.8) is 0 Å². The van der Waals surface area contributed by atoms with Crippen LogP contribution in [0, 0.1) is 5.92 Å². The standard InChI is InChI=1S/C14H13ClN2OS/c15-12-4-2-1-3-11(12)9-17-7-8-19-14(17)16-13(18)10-5-6-10/h1-4,7-8,10H,5-6,9H2. The number of rotatable bonds is 3. The van der Waals surface area contributed by atoms with Crippen molar-refractivity contribution in [3.8, 4) is 0 Å². The maximum atomic E-state index is 11.7. The normalized spacial score (nSPS) is 15.7. The monoisotopic (exact) mass is 292 g/mol. The van der Waals surface area contributed by atoms with Gasteiger partial charge in [-0.3, -0.25) is 4.79 Å². The fraction of sp³-hybridized carbons (Fsp3) is 0.286. The highest BCUT2D eigenvalue weighted by Gasteiger charge is 2.29. The Bertz CT molecular complexity index is 670. The number of halogens is 1. The van der Waals surface area contributed by atoms with Gasteiger partial charge in [0.25, 0.3) is 5.91 Å². The van der Waals surface area contributed by atoms with Crippen LogP contribution in [-0.2, 0) is 11.3 Å². The third kappa shape index (κ3) is 2.96. The molecule has 0 atom stereocenters. The van der Waals surface area contributed by atoms with Crippen molar-refractivity contribution >= 4 is 28.8 Å². The van der Waals surface area contributed by atoms with Crippen LogP contribution < -0.4 is 4.80 Å². The van der Waals surface area contributed by atoms with E-state index in [2.05, 4.69) is 4.99 Å². The molecular weight excluding hydrogens is 280 g/mol. The third-order valence-corrected chi connectivity index (χ3v) is 4.25. The molecule has 19 heavy (non-hydrogen) atoms. The number of carbonyl (C=O) groups excluding carboxylic acids is 1. The van der Waals surface area contributed by atoms with E-state index in [1.807, 2.05) is 40.4 Å². The number of benzene rings is 1. The Balaban J connectivity index is 1.88. The molecule has 98 valence electrons. The molecule has 0 spiro atoms. The minimum absolute atomic E-state index is 0.00959. The molecule has 0 saturated heterocycles. The molecule has 1 aliphatic carbocycles. The van der Waals surface area contributed by atoms with E-state index in [4.69, 9.17) is 11.6 Å². The lowest BCUT2D eigenvalue weighted by Gasteiger charge is -2.05. The Hall–Kier alpha value is -1.39. The zero-order chi connectivity index (χ0) is 13.2. The maximum absolute atomic E-state index is 11.7. The summed E-state index contributed by atoms with van der Waals surface area (Å²) in [5, 5.41) is 2.68. The van der Waals surface area contributed by atoms with Gasteiger partial charge >= 0.3 is 0 Å². The number of hydrogen-bond acceptors (Lipinski definition) is 2. The zero-order valence-corrected chi connectivity index (χ0v) is 11.8. The first-order valence-electron chi connectivity index (χ1n) is 6.20. The van der Waals surface area contributed by atoms with Gasteiger partial charge in [-0.2, -0.15) is 4.99 Å². The summed E-state index contributed by atoms with van der Waals surface area (Å²) in [6.07, 6.45) is 3.91. The van der Waals surface area contributed by atoms with Gasteiger partial charge in [-0.15, -0.1) is 11.3 Å². The molecule has 1 aromatic heterocycles. The molecule has 0 N–H and O–H groups in total. The molecule has 1 saturated carbocycles. The van der Waals surface area contributed by atoms with E-state index < -0.39 is 0 Å². The molecular formula is C14H13ClN2OS. The van der Waals surface area contributed by atoms with Crippen LogP contribution in [0.2, 0.25) is 5.02 Å². The number of aromatic nitrogens is 1. The zero-order valence-electron chi connectivity index (χ0n) is 10.3. The summed E-state index contributed by atoms with van der Waals surface area (Å²) in [7, 11) is 0. The molecule has 3 nitrogen and oxygen atoms in total. The van der Waals surface area contributed by atoms with E-state index in [0.717, 1.165) is 28.2 Å². The molecule has 0 aliphatic heterocycles. The summed E-state index contributed by atoms with van der Waals surface area (Å²) < 4.78 is 1.96. The smallest absolute Gasteiger partial charge is 0.251 e. The summed E-state index contributed by atoms with van der Waals surface area (Å²) in [5.74, 6) is 0.172. The molecule has 1 aliphatic rings. The second kappa shape index (κ2) is 5.31.